The molecule has 2 aromatic rings. The molecule has 0 aromatic heterocycles. The molecule has 3 heteroatoms. The Kier molecular flexibility index (Phi) is 3.81. The highest BCUT2D eigenvalue weighted by atomic mass is 32.1. The van der Waals surface area contributed by atoms with Gasteiger partial charge in [0.15, 0.2) is 0 Å². The van der Waals surface area contributed by atoms with Crippen LogP contribution >= 0.6 is 38.8 Å². The van der Waals surface area contributed by atoms with Gasteiger partial charge in [-0.05, 0) is 35.4 Å². The van der Waals surface area contributed by atoms with Crippen LogP contribution in [0.4, 0.5) is 0 Å². The minimum atomic E-state index is 0. The molecule has 0 aliphatic heterocycles. The minimum Gasteiger partial charge on any atom is -0.197 e. The molecule has 14 heavy (non-hydrogen) atoms. The molecule has 2 rings (SSSR count). The molecular weight excluding hydrogens is 228 g/mol. The van der Waals surface area contributed by atoms with E-state index in [1.54, 1.807) is 0 Å². The van der Waals surface area contributed by atoms with Crippen molar-refractivity contribution < 1.29 is 2.85 Å². The van der Waals surface area contributed by atoms with Crippen LogP contribution < -0.4 is 0 Å². The third-order valence-electron chi connectivity index (χ3n) is 2.10. The summed E-state index contributed by atoms with van der Waals surface area (Å²) >= 11 is 8.84. The number of thiol groups is 2. The zero-order valence-electron chi connectivity index (χ0n) is 7.78. The van der Waals surface area contributed by atoms with Crippen LogP contribution in [0.25, 0.3) is 10.8 Å². The van der Waals surface area contributed by atoms with Gasteiger partial charge < -0.3 is 0 Å². The van der Waals surface area contributed by atoms with E-state index in [9.17, 15) is 0 Å². The SMILES string of the molecule is Cc1cc(S)c2cccc(S)c2c1.S.[HH].[HH]. The Labute approximate surface area is 105 Å². The molecule has 2 aromatic carbocycles. The van der Waals surface area contributed by atoms with E-state index in [2.05, 4.69) is 50.4 Å². The third kappa shape index (κ3) is 2.05. The molecule has 0 fully saturated rings. The van der Waals surface area contributed by atoms with Crippen LogP contribution in [-0.2, 0) is 0 Å². The fourth-order valence-electron chi connectivity index (χ4n) is 1.49. The number of fused-ring (bicyclic) bond motifs is 1. The summed E-state index contributed by atoms with van der Waals surface area (Å²) in [5, 5.41) is 2.34. The van der Waals surface area contributed by atoms with Gasteiger partial charge in [-0.2, -0.15) is 13.5 Å². The first kappa shape index (κ1) is 11.8. The van der Waals surface area contributed by atoms with Gasteiger partial charge in [0.05, 0.1) is 0 Å². The second-order valence-electron chi connectivity index (χ2n) is 3.16. The van der Waals surface area contributed by atoms with Crippen LogP contribution in [0.2, 0.25) is 0 Å². The summed E-state index contributed by atoms with van der Waals surface area (Å²) < 4.78 is 0. The molecule has 0 nitrogen and oxygen atoms in total. The lowest BCUT2D eigenvalue weighted by molar-refractivity contribution is 1.40. The Balaban J connectivity index is 0. The van der Waals surface area contributed by atoms with Crippen LogP contribution in [-0.4, -0.2) is 0 Å². The Bertz CT molecular complexity index is 472. The van der Waals surface area contributed by atoms with Gasteiger partial charge in [0.2, 0.25) is 0 Å². The lowest BCUT2D eigenvalue weighted by Crippen LogP contribution is -1.79. The van der Waals surface area contributed by atoms with Crippen LogP contribution in [0.15, 0.2) is 40.1 Å². The molecule has 0 radical (unpaired) electrons. The second-order valence-corrected chi connectivity index (χ2v) is 4.12. The van der Waals surface area contributed by atoms with E-state index in [1.807, 2.05) is 12.1 Å². The maximum Gasteiger partial charge on any atom is 0.0122 e. The Morgan fingerprint density at radius 3 is 2.43 bits per heavy atom. The van der Waals surface area contributed by atoms with Gasteiger partial charge in [-0.3, -0.25) is 0 Å². The molecular formula is C11H16S3. The predicted molar refractivity (Wildman–Crippen MR) is 77.8 cm³/mol. The first-order chi connectivity index (χ1) is 6.18. The van der Waals surface area contributed by atoms with Gasteiger partial charge in [-0.1, -0.05) is 18.2 Å². The van der Waals surface area contributed by atoms with Crippen molar-refractivity contribution in [3.05, 3.63) is 35.9 Å². The largest absolute Gasteiger partial charge is 0.197 e. The van der Waals surface area contributed by atoms with Gasteiger partial charge in [-0.25, -0.2) is 0 Å². The van der Waals surface area contributed by atoms with Crippen molar-refractivity contribution in [3.8, 4) is 0 Å². The summed E-state index contributed by atoms with van der Waals surface area (Å²) in [4.78, 5) is 2.03. The molecule has 0 saturated carbocycles. The van der Waals surface area contributed by atoms with E-state index in [4.69, 9.17) is 0 Å². The monoisotopic (exact) mass is 244 g/mol. The third-order valence-corrected chi connectivity index (χ3v) is 2.86. The highest BCUT2D eigenvalue weighted by molar-refractivity contribution is 7.81. The maximum atomic E-state index is 4.43. The van der Waals surface area contributed by atoms with Crippen molar-refractivity contribution in [2.75, 3.05) is 0 Å². The zero-order chi connectivity index (χ0) is 9.42. The zero-order valence-corrected chi connectivity index (χ0v) is 10.6. The summed E-state index contributed by atoms with van der Waals surface area (Å²) in [5.74, 6) is 0. The normalized spacial score (nSPS) is 9.93. The van der Waals surface area contributed by atoms with E-state index in [0.717, 1.165) is 9.79 Å². The van der Waals surface area contributed by atoms with Gasteiger partial charge >= 0.3 is 0 Å². The average Bonchev–Trinajstić information content (AvgIpc) is 2.07. The van der Waals surface area contributed by atoms with Crippen molar-refractivity contribution in [2.45, 2.75) is 16.7 Å². The molecule has 0 atom stereocenters. The summed E-state index contributed by atoms with van der Waals surface area (Å²) in [6, 6.07) is 10.3. The number of hydrogen-bond donors (Lipinski definition) is 2. The highest BCUT2D eigenvalue weighted by Gasteiger charge is 2.01. The molecule has 0 unspecified atom stereocenters. The van der Waals surface area contributed by atoms with Gasteiger partial charge in [0.25, 0.3) is 0 Å². The fraction of sp³-hybridized carbons (Fsp3) is 0.0909. The Hall–Kier alpha value is -0.250. The number of benzene rings is 2. The summed E-state index contributed by atoms with van der Waals surface area (Å²) in [6.07, 6.45) is 0. The van der Waals surface area contributed by atoms with Crippen molar-refractivity contribution in [1.29, 1.82) is 0 Å². The second kappa shape index (κ2) is 4.51. The first-order valence-corrected chi connectivity index (χ1v) is 4.99. The molecule has 0 saturated heterocycles. The standard InChI is InChI=1S/C11H10S2.H2S.2H2/c1-7-5-9-8(11(13)6-7)3-2-4-10(9)12;;;/h2-6,12-13H,1H3;1H2;2*1H. The van der Waals surface area contributed by atoms with E-state index < -0.39 is 0 Å². The van der Waals surface area contributed by atoms with Crippen molar-refractivity contribution >= 4 is 49.5 Å². The van der Waals surface area contributed by atoms with Crippen LogP contribution in [0, 0.1) is 6.92 Å². The Morgan fingerprint density at radius 1 is 1.00 bits per heavy atom. The molecule has 0 amide bonds. The van der Waals surface area contributed by atoms with E-state index in [1.165, 1.54) is 16.3 Å². The molecule has 0 aliphatic carbocycles. The predicted octanol–water partition coefficient (Wildman–Crippen LogP) is 4.33. The van der Waals surface area contributed by atoms with Crippen LogP contribution in [0.5, 0.6) is 0 Å². The summed E-state index contributed by atoms with van der Waals surface area (Å²) in [6.45, 7) is 2.07. The number of hydrogen-bond acceptors (Lipinski definition) is 2. The highest BCUT2D eigenvalue weighted by Crippen LogP contribution is 2.28. The van der Waals surface area contributed by atoms with Crippen molar-refractivity contribution in [3.63, 3.8) is 0 Å². The first-order valence-electron chi connectivity index (χ1n) is 4.10. The average molecular weight is 244 g/mol. The lowest BCUT2D eigenvalue weighted by Gasteiger charge is -2.05. The molecule has 78 valence electrons. The van der Waals surface area contributed by atoms with E-state index >= 15 is 0 Å². The Morgan fingerprint density at radius 2 is 1.71 bits per heavy atom. The van der Waals surface area contributed by atoms with Gasteiger partial charge in [-0.15, -0.1) is 25.3 Å². The van der Waals surface area contributed by atoms with Crippen LogP contribution in [0.3, 0.4) is 0 Å². The molecule has 0 N–H and O–H groups in total. The summed E-state index contributed by atoms with van der Waals surface area (Å²) in [5.41, 5.74) is 1.22. The molecule has 0 bridgehead atoms. The van der Waals surface area contributed by atoms with Crippen LogP contribution in [0.1, 0.15) is 8.42 Å². The fourth-order valence-corrected chi connectivity index (χ4v) is 2.16. The van der Waals surface area contributed by atoms with Gasteiger partial charge in [0.1, 0.15) is 0 Å². The minimum absolute atomic E-state index is 0. The van der Waals surface area contributed by atoms with E-state index in [0.29, 0.717) is 0 Å². The quantitative estimate of drug-likeness (QED) is 0.633. The molecule has 0 heterocycles. The smallest absolute Gasteiger partial charge is 0.0122 e. The van der Waals surface area contributed by atoms with E-state index in [-0.39, 0.29) is 16.3 Å². The van der Waals surface area contributed by atoms with Gasteiger partial charge in [0, 0.05) is 12.6 Å². The van der Waals surface area contributed by atoms with Crippen molar-refractivity contribution in [1.82, 2.24) is 0 Å². The lowest BCUT2D eigenvalue weighted by atomic mass is 10.1. The summed E-state index contributed by atoms with van der Waals surface area (Å²) in [7, 11) is 0. The topological polar surface area (TPSA) is 0 Å². The van der Waals surface area contributed by atoms with Crippen molar-refractivity contribution in [2.24, 2.45) is 0 Å². The number of rotatable bonds is 0. The number of aryl methyl sites for hydroxylation is 1. The molecule has 0 aliphatic rings. The maximum absolute atomic E-state index is 4.43. The molecule has 0 spiro atoms.